The van der Waals surface area contributed by atoms with Gasteiger partial charge < -0.3 is 40.2 Å². The van der Waals surface area contributed by atoms with Crippen LogP contribution in [0.15, 0.2) is 36.7 Å². The predicted octanol–water partition coefficient (Wildman–Crippen LogP) is 3.58. The number of rotatable bonds is 13. The third-order valence-corrected chi connectivity index (χ3v) is 5.52. The minimum atomic E-state index is -1.20. The molecule has 12 nitrogen and oxygen atoms in total. The number of ether oxygens (including phenoxy) is 3. The highest BCUT2D eigenvalue weighted by molar-refractivity contribution is 6.33. The molecule has 1 aromatic heterocycles. The fourth-order valence-electron chi connectivity index (χ4n) is 3.42. The zero-order valence-corrected chi connectivity index (χ0v) is 21.6. The molecule has 204 valence electrons. The second-order valence-electron chi connectivity index (χ2n) is 8.28. The number of benzene rings is 2. The molecule has 0 bridgehead atoms. The molecule has 3 aromatic rings. The van der Waals surface area contributed by atoms with Crippen LogP contribution < -0.4 is 24.8 Å². The van der Waals surface area contributed by atoms with Gasteiger partial charge >= 0.3 is 12.0 Å². The first-order valence-electron chi connectivity index (χ1n) is 11.8. The molecule has 0 fully saturated rings. The molecule has 0 saturated carbocycles. The Morgan fingerprint density at radius 2 is 1.89 bits per heavy atom. The molecule has 3 rings (SSSR count). The van der Waals surface area contributed by atoms with Crippen LogP contribution in [-0.4, -0.2) is 69.8 Å². The van der Waals surface area contributed by atoms with E-state index in [4.69, 9.17) is 30.9 Å². The van der Waals surface area contributed by atoms with E-state index in [9.17, 15) is 19.8 Å². The van der Waals surface area contributed by atoms with E-state index in [1.54, 1.807) is 30.3 Å². The second-order valence-corrected chi connectivity index (χ2v) is 8.68. The van der Waals surface area contributed by atoms with E-state index in [1.165, 1.54) is 13.4 Å². The van der Waals surface area contributed by atoms with Crippen molar-refractivity contribution in [1.29, 1.82) is 0 Å². The topological polar surface area (TPSA) is 172 Å². The molecule has 0 radical (unpaired) electrons. The van der Waals surface area contributed by atoms with Crippen molar-refractivity contribution in [3.05, 3.63) is 41.7 Å². The fourth-order valence-corrected chi connectivity index (χ4v) is 3.64. The maximum Gasteiger partial charge on any atom is 0.319 e. The molecule has 0 unspecified atom stereocenters. The van der Waals surface area contributed by atoms with Gasteiger partial charge in [0.25, 0.3) is 0 Å². The number of carboxylic acids is 1. The smallest absolute Gasteiger partial charge is 0.319 e. The van der Waals surface area contributed by atoms with Crippen molar-refractivity contribution in [1.82, 2.24) is 15.3 Å². The number of nitrogens with zero attached hydrogens (tertiary/aromatic N) is 2. The van der Waals surface area contributed by atoms with Crippen molar-refractivity contribution in [3.63, 3.8) is 0 Å². The van der Waals surface area contributed by atoms with Gasteiger partial charge in [-0.25, -0.2) is 14.8 Å². The van der Waals surface area contributed by atoms with Crippen LogP contribution in [0.2, 0.25) is 5.02 Å². The Morgan fingerprint density at radius 3 is 2.58 bits per heavy atom. The second kappa shape index (κ2) is 13.6. The summed E-state index contributed by atoms with van der Waals surface area (Å²) in [7, 11) is 1.44. The van der Waals surface area contributed by atoms with Crippen molar-refractivity contribution < 1.29 is 39.1 Å². The van der Waals surface area contributed by atoms with Crippen LogP contribution in [0.4, 0.5) is 10.5 Å². The minimum Gasteiger partial charge on any atom is -0.493 e. The van der Waals surface area contributed by atoms with Gasteiger partial charge in [0.15, 0.2) is 11.5 Å². The van der Waals surface area contributed by atoms with E-state index in [0.717, 1.165) is 6.42 Å². The number of aliphatic hydroxyl groups excluding tert-OH is 2. The number of anilines is 1. The lowest BCUT2D eigenvalue weighted by molar-refractivity contribution is -0.139. The van der Waals surface area contributed by atoms with Crippen molar-refractivity contribution in [2.75, 3.05) is 25.6 Å². The number of hydrogen-bond donors (Lipinski definition) is 5. The third kappa shape index (κ3) is 8.07. The monoisotopic (exact) mass is 548 g/mol. The molecule has 1 heterocycles. The van der Waals surface area contributed by atoms with Gasteiger partial charge in [0.1, 0.15) is 18.7 Å². The molecule has 2 aromatic carbocycles. The zero-order valence-electron chi connectivity index (χ0n) is 20.8. The van der Waals surface area contributed by atoms with Gasteiger partial charge in [0, 0.05) is 25.1 Å². The Bertz CT molecular complexity index is 1280. The Labute approximate surface area is 223 Å². The van der Waals surface area contributed by atoms with E-state index >= 15 is 0 Å². The quantitative estimate of drug-likeness (QED) is 0.212. The van der Waals surface area contributed by atoms with E-state index in [1.807, 2.05) is 6.92 Å². The van der Waals surface area contributed by atoms with Gasteiger partial charge in [0.05, 0.1) is 47.4 Å². The maximum absolute atomic E-state index is 11.9. The SMILES string of the molecule is CCCNC(=O)Nc1ccc(Oc2ncnc3cc(OC[C@@H](O)C[C@@H](O)CC(=O)O)c(OC)cc23)cc1Cl. The lowest BCUT2D eigenvalue weighted by Gasteiger charge is -2.17. The van der Waals surface area contributed by atoms with Crippen LogP contribution in [-0.2, 0) is 4.79 Å². The number of carbonyl (C=O) groups excluding carboxylic acids is 1. The molecule has 0 aliphatic carbocycles. The predicted molar refractivity (Wildman–Crippen MR) is 139 cm³/mol. The number of fused-ring (bicyclic) bond motifs is 1. The Kier molecular flexibility index (Phi) is 10.3. The van der Waals surface area contributed by atoms with Crippen LogP contribution in [0, 0.1) is 0 Å². The summed E-state index contributed by atoms with van der Waals surface area (Å²) >= 11 is 6.32. The Hall–Kier alpha value is -3.87. The van der Waals surface area contributed by atoms with Crippen molar-refractivity contribution in [3.8, 4) is 23.1 Å². The van der Waals surface area contributed by atoms with Crippen LogP contribution >= 0.6 is 11.6 Å². The largest absolute Gasteiger partial charge is 0.493 e. The highest BCUT2D eigenvalue weighted by Gasteiger charge is 2.18. The first kappa shape index (κ1) is 28.7. The standard InChI is InChI=1S/C25H29ClN4O8/c1-3-6-27-25(35)30-19-5-4-16(9-18(19)26)38-24-17-10-21(36-2)22(11-20(17)28-13-29-24)37-12-15(32)7-14(31)8-23(33)34/h4-5,9-11,13-15,31-32H,3,6-8,12H2,1-2H3,(H,33,34)(H2,27,30,35)/t14-,15+/m1/s1. The summed E-state index contributed by atoms with van der Waals surface area (Å²) in [5.74, 6) is 0.0116. The highest BCUT2D eigenvalue weighted by atomic mass is 35.5. The maximum atomic E-state index is 11.9. The molecule has 0 aliphatic rings. The van der Waals surface area contributed by atoms with E-state index in [2.05, 4.69) is 20.6 Å². The van der Waals surface area contributed by atoms with Gasteiger partial charge in [-0.05, 0) is 24.6 Å². The molecule has 2 amide bonds. The van der Waals surface area contributed by atoms with E-state index < -0.39 is 24.6 Å². The molecule has 0 spiro atoms. The summed E-state index contributed by atoms with van der Waals surface area (Å²) in [6, 6.07) is 7.61. The molecule has 38 heavy (non-hydrogen) atoms. The van der Waals surface area contributed by atoms with Gasteiger partial charge in [-0.15, -0.1) is 0 Å². The first-order chi connectivity index (χ1) is 18.2. The zero-order chi connectivity index (χ0) is 27.7. The summed E-state index contributed by atoms with van der Waals surface area (Å²) < 4.78 is 17.0. The van der Waals surface area contributed by atoms with Crippen LogP contribution in [0.25, 0.3) is 10.9 Å². The number of carbonyl (C=O) groups is 2. The number of aliphatic carboxylic acids is 1. The molecule has 5 N–H and O–H groups in total. The summed E-state index contributed by atoms with van der Waals surface area (Å²) in [6.45, 7) is 2.28. The molecular weight excluding hydrogens is 520 g/mol. The van der Waals surface area contributed by atoms with Gasteiger partial charge in [-0.3, -0.25) is 4.79 Å². The van der Waals surface area contributed by atoms with Gasteiger partial charge in [-0.2, -0.15) is 0 Å². The Balaban J connectivity index is 1.74. The average Bonchev–Trinajstić information content (AvgIpc) is 2.87. The molecular formula is C25H29ClN4O8. The minimum absolute atomic E-state index is 0.164. The summed E-state index contributed by atoms with van der Waals surface area (Å²) in [4.78, 5) is 31.0. The lowest BCUT2D eigenvalue weighted by atomic mass is 10.1. The van der Waals surface area contributed by atoms with E-state index in [0.29, 0.717) is 34.6 Å². The van der Waals surface area contributed by atoms with Gasteiger partial charge in [0.2, 0.25) is 5.88 Å². The summed E-state index contributed by atoms with van der Waals surface area (Å²) in [5.41, 5.74) is 0.879. The molecule has 2 atom stereocenters. The Morgan fingerprint density at radius 1 is 1.11 bits per heavy atom. The summed E-state index contributed by atoms with van der Waals surface area (Å²) in [5, 5.41) is 34.7. The molecule has 13 heteroatoms. The number of urea groups is 1. The highest BCUT2D eigenvalue weighted by Crippen LogP contribution is 2.37. The number of aromatic nitrogens is 2. The number of carboxylic acid groups (broad SMARTS) is 1. The van der Waals surface area contributed by atoms with Gasteiger partial charge in [-0.1, -0.05) is 18.5 Å². The molecule has 0 aliphatic heterocycles. The number of amides is 2. The number of methoxy groups -OCH3 is 1. The summed E-state index contributed by atoms with van der Waals surface area (Å²) in [6.07, 6.45) is -0.833. The van der Waals surface area contributed by atoms with E-state index in [-0.39, 0.29) is 35.7 Å². The molecule has 0 saturated heterocycles. The fraction of sp³-hybridized carbons (Fsp3) is 0.360. The number of nitrogens with one attached hydrogen (secondary N) is 2. The number of halogens is 1. The van der Waals surface area contributed by atoms with Crippen LogP contribution in [0.1, 0.15) is 26.2 Å². The number of aliphatic hydroxyl groups is 2. The lowest BCUT2D eigenvalue weighted by Crippen LogP contribution is -2.29. The van der Waals surface area contributed by atoms with Crippen LogP contribution in [0.5, 0.6) is 23.1 Å². The first-order valence-corrected chi connectivity index (χ1v) is 12.1. The van der Waals surface area contributed by atoms with Crippen LogP contribution in [0.3, 0.4) is 0 Å². The van der Waals surface area contributed by atoms with Crippen molar-refractivity contribution >= 4 is 40.2 Å². The van der Waals surface area contributed by atoms with Crippen molar-refractivity contribution in [2.24, 2.45) is 0 Å². The number of hydrogen-bond acceptors (Lipinski definition) is 9. The van der Waals surface area contributed by atoms with Crippen molar-refractivity contribution in [2.45, 2.75) is 38.4 Å². The third-order valence-electron chi connectivity index (χ3n) is 5.21. The average molecular weight is 549 g/mol. The normalized spacial score (nSPS) is 12.4.